The SMILES string of the molecule is CCC(CC)N(CC(C)C)C(N)=NC1CC1. The van der Waals surface area contributed by atoms with Crippen LogP contribution < -0.4 is 5.73 Å². The minimum Gasteiger partial charge on any atom is -0.370 e. The van der Waals surface area contributed by atoms with Crippen LogP contribution >= 0.6 is 0 Å². The standard InChI is InChI=1S/C13H27N3/c1-5-12(6-2)16(9-10(3)4)13(14)15-11-7-8-11/h10-12H,5-9H2,1-4H3,(H2,14,15). The van der Waals surface area contributed by atoms with Crippen molar-refractivity contribution < 1.29 is 0 Å². The Bertz CT molecular complexity index is 227. The largest absolute Gasteiger partial charge is 0.370 e. The zero-order valence-corrected chi connectivity index (χ0v) is 11.2. The summed E-state index contributed by atoms with van der Waals surface area (Å²) in [6.07, 6.45) is 4.73. The second-order valence-electron chi connectivity index (χ2n) is 5.24. The van der Waals surface area contributed by atoms with Gasteiger partial charge in [0.15, 0.2) is 5.96 Å². The highest BCUT2D eigenvalue weighted by Gasteiger charge is 2.24. The minimum atomic E-state index is 0.518. The van der Waals surface area contributed by atoms with E-state index in [1.807, 2.05) is 0 Å². The van der Waals surface area contributed by atoms with Gasteiger partial charge in [0.2, 0.25) is 0 Å². The summed E-state index contributed by atoms with van der Waals surface area (Å²) in [6.45, 7) is 9.95. The molecule has 1 aliphatic carbocycles. The molecule has 2 N–H and O–H groups in total. The summed E-state index contributed by atoms with van der Waals surface area (Å²) < 4.78 is 0. The predicted octanol–water partition coefficient (Wildman–Crippen LogP) is 2.61. The molecular weight excluding hydrogens is 198 g/mol. The molecule has 0 aromatic carbocycles. The van der Waals surface area contributed by atoms with Crippen LogP contribution in [0, 0.1) is 5.92 Å². The summed E-state index contributed by atoms with van der Waals surface area (Å²) in [5.74, 6) is 1.40. The lowest BCUT2D eigenvalue weighted by Gasteiger charge is -2.33. The lowest BCUT2D eigenvalue weighted by Crippen LogP contribution is -2.46. The van der Waals surface area contributed by atoms with Gasteiger partial charge >= 0.3 is 0 Å². The van der Waals surface area contributed by atoms with Crippen LogP contribution in [0.15, 0.2) is 4.99 Å². The third-order valence-electron chi connectivity index (χ3n) is 3.10. The Hall–Kier alpha value is -0.730. The summed E-state index contributed by atoms with van der Waals surface area (Å²) in [6, 6.07) is 1.06. The molecule has 16 heavy (non-hydrogen) atoms. The fraction of sp³-hybridized carbons (Fsp3) is 0.923. The number of nitrogens with two attached hydrogens (primary N) is 1. The summed E-state index contributed by atoms with van der Waals surface area (Å²) >= 11 is 0. The average Bonchev–Trinajstić information content (AvgIpc) is 3.01. The Morgan fingerprint density at radius 2 is 1.88 bits per heavy atom. The van der Waals surface area contributed by atoms with Gasteiger partial charge in [0.25, 0.3) is 0 Å². The molecule has 3 nitrogen and oxygen atoms in total. The molecule has 94 valence electrons. The van der Waals surface area contributed by atoms with E-state index < -0.39 is 0 Å². The molecule has 0 aliphatic heterocycles. The van der Waals surface area contributed by atoms with E-state index in [9.17, 15) is 0 Å². The van der Waals surface area contributed by atoms with Crippen molar-refractivity contribution in [2.45, 2.75) is 65.5 Å². The molecule has 0 saturated heterocycles. The van der Waals surface area contributed by atoms with Gasteiger partial charge in [0.05, 0.1) is 6.04 Å². The minimum absolute atomic E-state index is 0.518. The highest BCUT2D eigenvalue weighted by atomic mass is 15.3. The van der Waals surface area contributed by atoms with E-state index in [1.54, 1.807) is 0 Å². The van der Waals surface area contributed by atoms with Gasteiger partial charge in [-0.25, -0.2) is 4.99 Å². The van der Waals surface area contributed by atoms with Gasteiger partial charge in [-0.05, 0) is 31.6 Å². The van der Waals surface area contributed by atoms with E-state index >= 15 is 0 Å². The van der Waals surface area contributed by atoms with Gasteiger partial charge in [0, 0.05) is 12.6 Å². The van der Waals surface area contributed by atoms with Crippen molar-refractivity contribution >= 4 is 5.96 Å². The van der Waals surface area contributed by atoms with E-state index in [-0.39, 0.29) is 0 Å². The van der Waals surface area contributed by atoms with Crippen molar-refractivity contribution in [1.82, 2.24) is 4.90 Å². The zero-order valence-electron chi connectivity index (χ0n) is 11.2. The molecular formula is C13H27N3. The number of nitrogens with zero attached hydrogens (tertiary/aromatic N) is 2. The first-order chi connectivity index (χ1) is 7.58. The number of rotatable bonds is 6. The number of hydrogen-bond donors (Lipinski definition) is 1. The van der Waals surface area contributed by atoms with E-state index in [1.165, 1.54) is 12.8 Å². The van der Waals surface area contributed by atoms with E-state index in [2.05, 4.69) is 37.6 Å². The summed E-state index contributed by atoms with van der Waals surface area (Å²) in [4.78, 5) is 6.89. The normalized spacial score (nSPS) is 17.2. The maximum absolute atomic E-state index is 6.14. The lowest BCUT2D eigenvalue weighted by molar-refractivity contribution is 0.263. The van der Waals surface area contributed by atoms with E-state index in [0.717, 1.165) is 25.3 Å². The summed E-state index contributed by atoms with van der Waals surface area (Å²) in [5, 5.41) is 0. The third-order valence-corrected chi connectivity index (χ3v) is 3.10. The van der Waals surface area contributed by atoms with Crippen LogP contribution in [0.2, 0.25) is 0 Å². The van der Waals surface area contributed by atoms with Gasteiger partial charge in [0.1, 0.15) is 0 Å². The zero-order chi connectivity index (χ0) is 12.1. The van der Waals surface area contributed by atoms with Crippen LogP contribution in [-0.4, -0.2) is 29.5 Å². The Balaban J connectivity index is 2.67. The van der Waals surface area contributed by atoms with Crippen molar-refractivity contribution in [3.8, 4) is 0 Å². The fourth-order valence-electron chi connectivity index (χ4n) is 2.02. The first kappa shape index (κ1) is 13.3. The molecule has 0 spiro atoms. The van der Waals surface area contributed by atoms with Gasteiger partial charge < -0.3 is 10.6 Å². The van der Waals surface area contributed by atoms with Gasteiger partial charge in [-0.1, -0.05) is 27.7 Å². The van der Waals surface area contributed by atoms with Crippen molar-refractivity contribution in [3.63, 3.8) is 0 Å². The van der Waals surface area contributed by atoms with Crippen molar-refractivity contribution in [1.29, 1.82) is 0 Å². The van der Waals surface area contributed by atoms with Gasteiger partial charge in [-0.2, -0.15) is 0 Å². The molecule has 0 atom stereocenters. The first-order valence-corrected chi connectivity index (χ1v) is 6.68. The Kier molecular flexibility index (Phi) is 5.10. The smallest absolute Gasteiger partial charge is 0.191 e. The molecule has 1 aliphatic rings. The molecule has 0 aromatic rings. The quantitative estimate of drug-likeness (QED) is 0.557. The third kappa shape index (κ3) is 4.03. The first-order valence-electron chi connectivity index (χ1n) is 6.68. The van der Waals surface area contributed by atoms with Crippen LogP contribution in [0.25, 0.3) is 0 Å². The van der Waals surface area contributed by atoms with Crippen LogP contribution in [0.1, 0.15) is 53.4 Å². The van der Waals surface area contributed by atoms with Crippen molar-refractivity contribution in [2.75, 3.05) is 6.54 Å². The highest BCUT2D eigenvalue weighted by molar-refractivity contribution is 5.78. The Labute approximate surface area is 100 Å². The van der Waals surface area contributed by atoms with Crippen molar-refractivity contribution in [2.24, 2.45) is 16.6 Å². The maximum atomic E-state index is 6.14. The fourth-order valence-corrected chi connectivity index (χ4v) is 2.02. The lowest BCUT2D eigenvalue weighted by atomic mass is 10.1. The number of guanidine groups is 1. The molecule has 0 unspecified atom stereocenters. The van der Waals surface area contributed by atoms with Crippen LogP contribution in [0.3, 0.4) is 0 Å². The Morgan fingerprint density at radius 1 is 1.31 bits per heavy atom. The molecule has 1 rings (SSSR count). The van der Waals surface area contributed by atoms with Crippen LogP contribution in [0.5, 0.6) is 0 Å². The average molecular weight is 225 g/mol. The number of hydrogen-bond acceptors (Lipinski definition) is 1. The highest BCUT2D eigenvalue weighted by Crippen LogP contribution is 2.24. The summed E-state index contributed by atoms with van der Waals surface area (Å²) in [7, 11) is 0. The van der Waals surface area contributed by atoms with Gasteiger partial charge in [-0.3, -0.25) is 0 Å². The van der Waals surface area contributed by atoms with Crippen LogP contribution in [0.4, 0.5) is 0 Å². The number of aliphatic imine (C=N–C) groups is 1. The molecule has 0 heterocycles. The molecule has 0 aromatic heterocycles. The molecule has 0 bridgehead atoms. The van der Waals surface area contributed by atoms with Gasteiger partial charge in [-0.15, -0.1) is 0 Å². The maximum Gasteiger partial charge on any atom is 0.191 e. The second-order valence-corrected chi connectivity index (χ2v) is 5.24. The van der Waals surface area contributed by atoms with Crippen molar-refractivity contribution in [3.05, 3.63) is 0 Å². The topological polar surface area (TPSA) is 41.6 Å². The molecule has 1 saturated carbocycles. The molecule has 0 amide bonds. The monoisotopic (exact) mass is 225 g/mol. The molecule has 1 fully saturated rings. The van der Waals surface area contributed by atoms with E-state index in [0.29, 0.717) is 18.0 Å². The van der Waals surface area contributed by atoms with Crippen LogP contribution in [-0.2, 0) is 0 Å². The van der Waals surface area contributed by atoms with E-state index in [4.69, 9.17) is 5.73 Å². The molecule has 0 radical (unpaired) electrons. The summed E-state index contributed by atoms with van der Waals surface area (Å²) in [5.41, 5.74) is 6.14. The Morgan fingerprint density at radius 3 is 2.25 bits per heavy atom. The molecule has 3 heteroatoms. The predicted molar refractivity (Wildman–Crippen MR) is 70.6 cm³/mol. The second kappa shape index (κ2) is 6.12.